The molecule has 2 heteroatoms. The van der Waals surface area contributed by atoms with E-state index in [2.05, 4.69) is 29.0 Å². The van der Waals surface area contributed by atoms with Crippen molar-refractivity contribution < 1.29 is 0 Å². The fraction of sp³-hybridized carbons (Fsp3) is 0. The van der Waals surface area contributed by atoms with Crippen molar-refractivity contribution in [3.05, 3.63) is 29.0 Å². The summed E-state index contributed by atoms with van der Waals surface area (Å²) in [6, 6.07) is 8.45. The fourth-order valence-corrected chi connectivity index (χ4v) is 2.77. The van der Waals surface area contributed by atoms with Crippen LogP contribution in [0.25, 0.3) is 9.40 Å². The van der Waals surface area contributed by atoms with E-state index in [4.69, 9.17) is 0 Å². The normalized spacial score (nSPS) is 10.2. The van der Waals surface area contributed by atoms with Crippen LogP contribution in [-0.4, -0.2) is 0 Å². The Morgan fingerprint density at radius 2 is 2.11 bits per heavy atom. The van der Waals surface area contributed by atoms with Gasteiger partial charge in [-0.1, -0.05) is 12.1 Å². The monoisotopic (exact) mass is 153 g/mol. The molecule has 0 aliphatic carbocycles. The van der Waals surface area contributed by atoms with E-state index < -0.39 is 0 Å². The Morgan fingerprint density at radius 1 is 1.22 bits per heavy atom. The van der Waals surface area contributed by atoms with E-state index in [1.165, 1.54) is 9.40 Å². The lowest BCUT2D eigenvalue weighted by Gasteiger charge is -1.73. The molecule has 44 valence electrons. The first-order valence-electron chi connectivity index (χ1n) is 2.71. The van der Waals surface area contributed by atoms with Gasteiger partial charge in [-0.2, -0.15) is 0 Å². The van der Waals surface area contributed by atoms with Crippen LogP contribution in [0.3, 0.4) is 0 Å². The average molecular weight is 153 g/mol. The van der Waals surface area contributed by atoms with Gasteiger partial charge in [0.05, 0.1) is 22.7 Å². The van der Waals surface area contributed by atoms with E-state index in [0.717, 1.165) is 0 Å². The third kappa shape index (κ3) is 0.843. The molecule has 0 fully saturated rings. The Labute approximate surface area is 61.4 Å². The van der Waals surface area contributed by atoms with Gasteiger partial charge in [0, 0.05) is 0 Å². The summed E-state index contributed by atoms with van der Waals surface area (Å²) in [5, 5.41) is 0. The van der Waals surface area contributed by atoms with E-state index >= 15 is 0 Å². The first-order chi connectivity index (χ1) is 4.47. The molecule has 0 atom stereocenters. The summed E-state index contributed by atoms with van der Waals surface area (Å²) in [5.41, 5.74) is 0. The molecule has 0 nitrogen and oxygen atoms in total. The van der Waals surface area contributed by atoms with Crippen LogP contribution in [0.5, 0.6) is 0 Å². The van der Waals surface area contributed by atoms with Gasteiger partial charge in [-0.15, -0.1) is 0 Å². The molecule has 0 aliphatic rings. The Morgan fingerprint density at radius 3 is 3.00 bits per heavy atom. The van der Waals surface area contributed by atoms with Crippen molar-refractivity contribution in [2.75, 3.05) is 0 Å². The van der Waals surface area contributed by atoms with Crippen LogP contribution in [0.2, 0.25) is 0 Å². The predicted molar refractivity (Wildman–Crippen MR) is 44.1 cm³/mol. The average Bonchev–Trinajstić information content (AvgIpc) is 2.33. The van der Waals surface area contributed by atoms with Crippen molar-refractivity contribution in [1.82, 2.24) is 0 Å². The minimum atomic E-state index is 1.39. The topological polar surface area (TPSA) is 0 Å². The quantitative estimate of drug-likeness (QED) is 0.510. The van der Waals surface area contributed by atoms with Crippen LogP contribution in [0.15, 0.2) is 29.0 Å². The molecule has 1 aromatic heterocycles. The maximum Gasteiger partial charge on any atom is 0.243 e. The van der Waals surface area contributed by atoms with Crippen molar-refractivity contribution >= 4 is 32.1 Å². The molecule has 0 bridgehead atoms. The van der Waals surface area contributed by atoms with Gasteiger partial charge in [0.15, 0.2) is 9.40 Å². The van der Waals surface area contributed by atoms with E-state index in [9.17, 15) is 0 Å². The second-order valence-electron chi connectivity index (χ2n) is 1.78. The van der Waals surface area contributed by atoms with Crippen molar-refractivity contribution in [2.45, 2.75) is 0 Å². The first-order valence-corrected chi connectivity index (χ1v) is 4.47. The summed E-state index contributed by atoms with van der Waals surface area (Å²) in [6.45, 7) is 0. The molecule has 0 unspecified atom stereocenters. The lowest BCUT2D eigenvalue weighted by atomic mass is 10.4. The van der Waals surface area contributed by atoms with Crippen LogP contribution in [0.1, 0.15) is 0 Å². The molecule has 0 saturated heterocycles. The van der Waals surface area contributed by atoms with E-state index in [1.54, 1.807) is 22.7 Å². The summed E-state index contributed by atoms with van der Waals surface area (Å²) in [5.74, 6) is 0. The molecule has 0 N–H and O–H groups in total. The Balaban J connectivity index is 2.95. The smallest absolute Gasteiger partial charge is 0.0587 e. The minimum absolute atomic E-state index is 1.39. The van der Waals surface area contributed by atoms with Gasteiger partial charge in [0.25, 0.3) is 0 Å². The molecule has 9 heavy (non-hydrogen) atoms. The zero-order valence-electron chi connectivity index (χ0n) is 4.70. The van der Waals surface area contributed by atoms with Gasteiger partial charge in [-0.05, 0) is 12.1 Å². The second kappa shape index (κ2) is 2.05. The van der Waals surface area contributed by atoms with E-state index in [1.807, 2.05) is 0 Å². The summed E-state index contributed by atoms with van der Waals surface area (Å²) >= 11 is 3.61. The highest BCUT2D eigenvalue weighted by molar-refractivity contribution is 7.36. The third-order valence-electron chi connectivity index (χ3n) is 1.20. The van der Waals surface area contributed by atoms with Crippen LogP contribution in [0.4, 0.5) is 0 Å². The predicted octanol–water partition coefficient (Wildman–Crippen LogP) is 3.24. The largest absolute Gasteiger partial charge is 0.243 e. The van der Waals surface area contributed by atoms with Crippen LogP contribution in [-0.2, 0) is 0 Å². The molecular formula is C7H5S2+. The van der Waals surface area contributed by atoms with E-state index in [-0.39, 0.29) is 0 Å². The first kappa shape index (κ1) is 5.33. The molecular weight excluding hydrogens is 148 g/mol. The lowest BCUT2D eigenvalue weighted by Crippen LogP contribution is -1.54. The SMILES string of the molecule is c1ccc2[s+]csc2c1. The Bertz CT molecular complexity index is 281. The molecule has 0 radical (unpaired) electrons. The lowest BCUT2D eigenvalue weighted by molar-refractivity contribution is 1.88. The van der Waals surface area contributed by atoms with Crippen LogP contribution >= 0.6 is 22.7 Å². The molecule has 1 heterocycles. The van der Waals surface area contributed by atoms with Crippen molar-refractivity contribution in [2.24, 2.45) is 0 Å². The van der Waals surface area contributed by atoms with Crippen LogP contribution in [0, 0.1) is 0 Å². The Kier molecular flexibility index (Phi) is 1.21. The van der Waals surface area contributed by atoms with Gasteiger partial charge < -0.3 is 0 Å². The molecule has 2 rings (SSSR count). The van der Waals surface area contributed by atoms with Crippen LogP contribution < -0.4 is 0 Å². The van der Waals surface area contributed by atoms with Gasteiger partial charge in [-0.3, -0.25) is 0 Å². The zero-order chi connectivity index (χ0) is 6.10. The second-order valence-corrected chi connectivity index (χ2v) is 3.90. The zero-order valence-corrected chi connectivity index (χ0v) is 6.34. The molecule has 0 aliphatic heterocycles. The van der Waals surface area contributed by atoms with E-state index in [0.29, 0.717) is 0 Å². The fourth-order valence-electron chi connectivity index (χ4n) is 0.773. The summed E-state index contributed by atoms with van der Waals surface area (Å²) in [7, 11) is 0. The summed E-state index contributed by atoms with van der Waals surface area (Å²) in [4.78, 5) is 0. The molecule has 0 saturated carbocycles. The minimum Gasteiger partial charge on any atom is -0.0587 e. The number of rotatable bonds is 0. The molecule has 0 amide bonds. The third-order valence-corrected chi connectivity index (χ3v) is 3.32. The highest BCUT2D eigenvalue weighted by Gasteiger charge is 2.01. The maximum atomic E-state index is 2.16. The Hall–Kier alpha value is -0.470. The summed E-state index contributed by atoms with van der Waals surface area (Å²) < 4.78 is 4.94. The van der Waals surface area contributed by atoms with Crippen molar-refractivity contribution in [3.63, 3.8) is 0 Å². The number of hydrogen-bond acceptors (Lipinski definition) is 1. The highest BCUT2D eigenvalue weighted by atomic mass is 32.2. The highest BCUT2D eigenvalue weighted by Crippen LogP contribution is 2.24. The van der Waals surface area contributed by atoms with Gasteiger partial charge in [-0.25, -0.2) is 0 Å². The van der Waals surface area contributed by atoms with Crippen molar-refractivity contribution in [1.29, 1.82) is 0 Å². The molecule has 1 aromatic carbocycles. The molecule has 0 spiro atoms. The van der Waals surface area contributed by atoms with Gasteiger partial charge >= 0.3 is 0 Å². The molecule has 2 aromatic rings. The summed E-state index contributed by atoms with van der Waals surface area (Å²) in [6.07, 6.45) is 0. The number of fused-ring (bicyclic) bond motifs is 1. The number of benzene rings is 1. The number of hydrogen-bond donors (Lipinski definition) is 0. The van der Waals surface area contributed by atoms with Gasteiger partial charge in [0.2, 0.25) is 4.69 Å². The maximum absolute atomic E-state index is 2.16. The van der Waals surface area contributed by atoms with Crippen molar-refractivity contribution in [3.8, 4) is 0 Å². The van der Waals surface area contributed by atoms with Gasteiger partial charge in [0.1, 0.15) is 0 Å². The standard InChI is InChI=1S/C7H5S2/c1-2-4-7-6(3-1)8-5-9-7/h1-5H/q+1.